The van der Waals surface area contributed by atoms with E-state index >= 15 is 0 Å². The summed E-state index contributed by atoms with van der Waals surface area (Å²) in [6.07, 6.45) is -1.44. The van der Waals surface area contributed by atoms with Crippen molar-refractivity contribution in [1.29, 1.82) is 0 Å². The number of rotatable bonds is 8. The van der Waals surface area contributed by atoms with Gasteiger partial charge in [0, 0.05) is 0 Å². The Kier molecular flexibility index (Phi) is 6.60. The zero-order chi connectivity index (χ0) is 22.1. The highest BCUT2D eigenvalue weighted by molar-refractivity contribution is 7.54. The third kappa shape index (κ3) is 4.71. The second-order valence-electron chi connectivity index (χ2n) is 7.94. The third-order valence-electron chi connectivity index (χ3n) is 4.73. The van der Waals surface area contributed by atoms with Crippen molar-refractivity contribution in [2.24, 2.45) is 0 Å². The van der Waals surface area contributed by atoms with E-state index in [-0.39, 0.29) is 24.7 Å². The minimum absolute atomic E-state index is 0.152. The van der Waals surface area contributed by atoms with Gasteiger partial charge in [0.15, 0.2) is 17.7 Å². The summed E-state index contributed by atoms with van der Waals surface area (Å²) in [6.45, 7) is 3.96. The molecule has 0 aliphatic carbocycles. The standard InChI is InChI=1S/C20H29N2O7P/c1-20(2)26-13-15(28-20)16-17(25-12-14-10-8-7-9-11-14)18(19(23)27-16)29-30(24,21(3)4)22(5)6/h7-11,15-16H,12-13H2,1-6H3. The van der Waals surface area contributed by atoms with Crippen molar-refractivity contribution in [1.82, 2.24) is 9.34 Å². The van der Waals surface area contributed by atoms with Crippen LogP contribution >= 0.6 is 7.67 Å². The zero-order valence-corrected chi connectivity index (χ0v) is 19.0. The fourth-order valence-electron chi connectivity index (χ4n) is 3.17. The molecule has 2 aliphatic heterocycles. The lowest BCUT2D eigenvalue weighted by Gasteiger charge is -2.29. The van der Waals surface area contributed by atoms with E-state index < -0.39 is 31.6 Å². The summed E-state index contributed by atoms with van der Waals surface area (Å²) >= 11 is 0. The Labute approximate surface area is 177 Å². The molecule has 0 saturated carbocycles. The van der Waals surface area contributed by atoms with Gasteiger partial charge in [0.25, 0.3) is 5.76 Å². The number of benzene rings is 1. The van der Waals surface area contributed by atoms with E-state index in [4.69, 9.17) is 23.5 Å². The molecule has 166 valence electrons. The smallest absolute Gasteiger partial charge is 0.395 e. The molecule has 3 rings (SSSR count). The first kappa shape index (κ1) is 22.8. The quantitative estimate of drug-likeness (QED) is 0.447. The highest BCUT2D eigenvalue weighted by atomic mass is 31.2. The lowest BCUT2D eigenvalue weighted by molar-refractivity contribution is -0.163. The SMILES string of the molecule is CN(C)P(=O)(OC1=C(OCc2ccccc2)C(C2COC(C)(C)O2)OC1=O)N(C)C. The van der Waals surface area contributed by atoms with Crippen LogP contribution in [0.15, 0.2) is 41.9 Å². The molecule has 1 aromatic rings. The molecule has 2 unspecified atom stereocenters. The van der Waals surface area contributed by atoms with E-state index in [2.05, 4.69) is 0 Å². The normalized spacial score (nSPS) is 23.9. The van der Waals surface area contributed by atoms with Crippen LogP contribution in [0.25, 0.3) is 0 Å². The Bertz CT molecular complexity index is 842. The molecule has 1 fully saturated rings. The molecule has 9 nitrogen and oxygen atoms in total. The van der Waals surface area contributed by atoms with Crippen molar-refractivity contribution in [2.45, 2.75) is 38.4 Å². The lowest BCUT2D eigenvalue weighted by Crippen LogP contribution is -2.33. The van der Waals surface area contributed by atoms with Crippen molar-refractivity contribution >= 4 is 13.6 Å². The molecule has 2 aliphatic rings. The summed E-state index contributed by atoms with van der Waals surface area (Å²) < 4.78 is 45.0. The van der Waals surface area contributed by atoms with Gasteiger partial charge in [0.05, 0.1) is 6.61 Å². The topological polar surface area (TPSA) is 86.8 Å². The Morgan fingerprint density at radius 1 is 1.13 bits per heavy atom. The van der Waals surface area contributed by atoms with Crippen molar-refractivity contribution in [2.75, 3.05) is 34.8 Å². The Morgan fingerprint density at radius 2 is 1.77 bits per heavy atom. The average Bonchev–Trinajstić information content (AvgIpc) is 3.19. The van der Waals surface area contributed by atoms with Crippen LogP contribution in [0.2, 0.25) is 0 Å². The van der Waals surface area contributed by atoms with Gasteiger partial charge in [-0.3, -0.25) is 0 Å². The largest absolute Gasteiger partial charge is 0.485 e. The second-order valence-corrected chi connectivity index (χ2v) is 10.7. The maximum atomic E-state index is 13.3. The number of carbonyl (C=O) groups excluding carboxylic acids is 1. The van der Waals surface area contributed by atoms with Gasteiger partial charge >= 0.3 is 13.6 Å². The van der Waals surface area contributed by atoms with Gasteiger partial charge in [-0.2, -0.15) is 0 Å². The van der Waals surface area contributed by atoms with E-state index in [1.54, 1.807) is 42.0 Å². The molecule has 30 heavy (non-hydrogen) atoms. The molecule has 0 amide bonds. The molecule has 2 heterocycles. The first-order valence-electron chi connectivity index (χ1n) is 9.62. The van der Waals surface area contributed by atoms with E-state index in [1.165, 1.54) is 9.34 Å². The summed E-state index contributed by atoms with van der Waals surface area (Å²) in [6, 6.07) is 9.48. The minimum atomic E-state index is -3.51. The van der Waals surface area contributed by atoms with Crippen molar-refractivity contribution in [3.05, 3.63) is 47.4 Å². The van der Waals surface area contributed by atoms with Crippen molar-refractivity contribution in [3.63, 3.8) is 0 Å². The van der Waals surface area contributed by atoms with E-state index in [0.717, 1.165) is 5.56 Å². The molecule has 0 N–H and O–H groups in total. The number of ether oxygens (including phenoxy) is 4. The maximum absolute atomic E-state index is 13.3. The minimum Gasteiger partial charge on any atom is -0.485 e. The lowest BCUT2D eigenvalue weighted by atomic mass is 10.1. The number of nitrogens with zero attached hydrogens (tertiary/aromatic N) is 2. The monoisotopic (exact) mass is 440 g/mol. The number of hydrogen-bond donors (Lipinski definition) is 0. The van der Waals surface area contributed by atoms with Crippen LogP contribution in [-0.2, 0) is 39.4 Å². The van der Waals surface area contributed by atoms with Crippen LogP contribution in [0.3, 0.4) is 0 Å². The number of cyclic esters (lactones) is 1. The highest BCUT2D eigenvalue weighted by Gasteiger charge is 2.50. The molecule has 1 saturated heterocycles. The maximum Gasteiger partial charge on any atom is 0.395 e. The molecular weight excluding hydrogens is 411 g/mol. The summed E-state index contributed by atoms with van der Waals surface area (Å²) in [7, 11) is 2.93. The van der Waals surface area contributed by atoms with Crippen LogP contribution in [0, 0.1) is 0 Å². The number of carbonyl (C=O) groups is 1. The summed E-state index contributed by atoms with van der Waals surface area (Å²) in [5.41, 5.74) is 0.898. The van der Waals surface area contributed by atoms with E-state index in [1.807, 2.05) is 30.3 Å². The van der Waals surface area contributed by atoms with Gasteiger partial charge < -0.3 is 23.5 Å². The third-order valence-corrected chi connectivity index (χ3v) is 7.17. The summed E-state index contributed by atoms with van der Waals surface area (Å²) in [5.74, 6) is -1.62. The number of hydrogen-bond acceptors (Lipinski definition) is 7. The van der Waals surface area contributed by atoms with E-state index in [9.17, 15) is 9.36 Å². The van der Waals surface area contributed by atoms with Gasteiger partial charge in [0.1, 0.15) is 12.7 Å². The van der Waals surface area contributed by atoms with Gasteiger partial charge in [-0.25, -0.2) is 18.7 Å². The summed E-state index contributed by atoms with van der Waals surface area (Å²) in [4.78, 5) is 12.7. The fourth-order valence-corrected chi connectivity index (χ4v) is 4.61. The number of esters is 1. The zero-order valence-electron chi connectivity index (χ0n) is 18.2. The van der Waals surface area contributed by atoms with Crippen LogP contribution in [0.1, 0.15) is 19.4 Å². The van der Waals surface area contributed by atoms with Crippen LogP contribution < -0.4 is 0 Å². The van der Waals surface area contributed by atoms with Crippen LogP contribution in [0.5, 0.6) is 0 Å². The molecule has 2 atom stereocenters. The predicted molar refractivity (Wildman–Crippen MR) is 109 cm³/mol. The Hall–Kier alpha value is -1.90. The molecule has 10 heteroatoms. The van der Waals surface area contributed by atoms with Gasteiger partial charge in [-0.15, -0.1) is 0 Å². The van der Waals surface area contributed by atoms with Crippen molar-refractivity contribution < 1.29 is 32.8 Å². The Balaban J connectivity index is 1.94. The molecule has 0 aromatic heterocycles. The Morgan fingerprint density at radius 3 is 2.30 bits per heavy atom. The summed E-state index contributed by atoms with van der Waals surface area (Å²) in [5, 5.41) is 0. The fraction of sp³-hybridized carbons (Fsp3) is 0.550. The van der Waals surface area contributed by atoms with Gasteiger partial charge in [-0.05, 0) is 47.6 Å². The molecule has 1 aromatic carbocycles. The van der Waals surface area contributed by atoms with Crippen LogP contribution in [-0.4, -0.2) is 68.1 Å². The molecule has 0 radical (unpaired) electrons. The van der Waals surface area contributed by atoms with E-state index in [0.29, 0.717) is 0 Å². The highest BCUT2D eigenvalue weighted by Crippen LogP contribution is 2.54. The molecular formula is C20H29N2O7P. The second kappa shape index (κ2) is 8.69. The molecule has 0 spiro atoms. The first-order valence-corrected chi connectivity index (χ1v) is 11.2. The predicted octanol–water partition coefficient (Wildman–Crippen LogP) is 2.74. The van der Waals surface area contributed by atoms with Crippen LogP contribution in [0.4, 0.5) is 0 Å². The van der Waals surface area contributed by atoms with Crippen molar-refractivity contribution in [3.8, 4) is 0 Å². The van der Waals surface area contributed by atoms with Gasteiger partial charge in [0.2, 0.25) is 0 Å². The first-order chi connectivity index (χ1) is 14.0. The van der Waals surface area contributed by atoms with Gasteiger partial charge in [-0.1, -0.05) is 30.3 Å². The molecule has 0 bridgehead atoms. The average molecular weight is 440 g/mol.